The summed E-state index contributed by atoms with van der Waals surface area (Å²) in [6, 6.07) is 10.3. The van der Waals surface area contributed by atoms with Crippen LogP contribution in [0.25, 0.3) is 10.9 Å². The molecule has 2 aromatic carbocycles. The molecule has 7 rings (SSSR count). The van der Waals surface area contributed by atoms with Crippen LogP contribution in [0.15, 0.2) is 52.5 Å². The number of guanidine groups is 1. The molecule has 11 heteroatoms. The normalized spacial score (nSPS) is 26.2. The number of sulfone groups is 1. The van der Waals surface area contributed by atoms with Gasteiger partial charge in [0, 0.05) is 31.4 Å². The summed E-state index contributed by atoms with van der Waals surface area (Å²) in [6.07, 6.45) is 4.12. The number of anilines is 1. The van der Waals surface area contributed by atoms with Gasteiger partial charge in [-0.3, -0.25) is 9.36 Å². The first-order valence-corrected chi connectivity index (χ1v) is 16.9. The lowest BCUT2D eigenvalue weighted by molar-refractivity contribution is -0.108. The van der Waals surface area contributed by atoms with Gasteiger partial charge in [-0.15, -0.1) is 0 Å². The standard InChI is InChI=1S/C32H40FN5O4S/c1-20-26-15-22(32(26,2)3)16-28(20)36-31(37-11-13-43(40,41)14-12-37)35-23-6-8-25-29(17-23)34-19-38(30(25)39)10-9-21-5-7-24(42-4)18-27(21)33/h5-8,17-20,22,26,28H,9-16H2,1-4H3,(H,35,36)/t20?,22-,26?,28?/m0/s1. The molecule has 3 unspecified atom stereocenters. The summed E-state index contributed by atoms with van der Waals surface area (Å²) in [6.45, 7) is 8.09. The third kappa shape index (κ3) is 5.75. The van der Waals surface area contributed by atoms with Gasteiger partial charge >= 0.3 is 0 Å². The molecule has 3 aliphatic carbocycles. The molecule has 0 spiro atoms. The zero-order chi connectivity index (χ0) is 30.5. The highest BCUT2D eigenvalue weighted by Crippen LogP contribution is 2.61. The Labute approximate surface area is 252 Å². The summed E-state index contributed by atoms with van der Waals surface area (Å²) in [5.74, 6) is 2.69. The van der Waals surface area contributed by atoms with E-state index in [4.69, 9.17) is 9.73 Å². The second-order valence-electron chi connectivity index (χ2n) is 12.9. The predicted octanol–water partition coefficient (Wildman–Crippen LogP) is 4.36. The number of fused-ring (bicyclic) bond motifs is 3. The molecular formula is C32H40FN5O4S. The molecule has 4 atom stereocenters. The molecule has 43 heavy (non-hydrogen) atoms. The van der Waals surface area contributed by atoms with E-state index in [-0.39, 0.29) is 35.5 Å². The van der Waals surface area contributed by atoms with Crippen LogP contribution in [0.4, 0.5) is 10.1 Å². The molecule has 4 aliphatic rings. The monoisotopic (exact) mass is 609 g/mol. The highest BCUT2D eigenvalue weighted by molar-refractivity contribution is 7.91. The molecule has 4 fully saturated rings. The number of aliphatic imine (C=N–C) groups is 1. The second-order valence-corrected chi connectivity index (χ2v) is 15.2. The van der Waals surface area contributed by atoms with E-state index in [1.54, 1.807) is 18.2 Å². The number of hydrogen-bond acceptors (Lipinski definition) is 6. The van der Waals surface area contributed by atoms with Crippen molar-refractivity contribution < 1.29 is 17.5 Å². The van der Waals surface area contributed by atoms with E-state index >= 15 is 0 Å². The number of ether oxygens (including phenoxy) is 1. The largest absolute Gasteiger partial charge is 0.497 e. The van der Waals surface area contributed by atoms with Crippen LogP contribution in [0.1, 0.15) is 39.2 Å². The van der Waals surface area contributed by atoms with E-state index in [0.717, 1.165) is 12.1 Å². The minimum atomic E-state index is -3.05. The maximum absolute atomic E-state index is 14.4. The molecule has 3 saturated carbocycles. The summed E-state index contributed by atoms with van der Waals surface area (Å²) in [5, 5.41) is 3.93. The Kier molecular flexibility index (Phi) is 7.73. The summed E-state index contributed by atoms with van der Waals surface area (Å²) < 4.78 is 45.3. The quantitative estimate of drug-likeness (QED) is 0.327. The lowest BCUT2D eigenvalue weighted by atomic mass is 9.45. The lowest BCUT2D eigenvalue weighted by Gasteiger charge is -2.61. The number of methoxy groups -OCH3 is 1. The van der Waals surface area contributed by atoms with E-state index in [1.807, 2.05) is 17.0 Å². The predicted molar refractivity (Wildman–Crippen MR) is 167 cm³/mol. The first-order valence-electron chi connectivity index (χ1n) is 15.1. The number of nitrogens with zero attached hydrogens (tertiary/aromatic N) is 4. The van der Waals surface area contributed by atoms with Gasteiger partial charge in [-0.05, 0) is 72.3 Å². The van der Waals surface area contributed by atoms with Crippen molar-refractivity contribution in [3.8, 4) is 5.75 Å². The fraction of sp³-hybridized carbons (Fsp3) is 0.531. The Balaban J connectivity index is 1.23. The van der Waals surface area contributed by atoms with Crippen LogP contribution in [-0.2, 0) is 22.8 Å². The van der Waals surface area contributed by atoms with Gasteiger partial charge in [0.2, 0.25) is 0 Å². The molecule has 1 aromatic heterocycles. The zero-order valence-electron chi connectivity index (χ0n) is 25.2. The van der Waals surface area contributed by atoms with Gasteiger partial charge in [0.25, 0.3) is 5.56 Å². The van der Waals surface area contributed by atoms with Crippen LogP contribution in [-0.4, -0.2) is 66.6 Å². The Bertz CT molecular complexity index is 1720. The van der Waals surface area contributed by atoms with Crippen molar-refractivity contribution in [2.24, 2.45) is 28.2 Å². The molecule has 1 saturated heterocycles. The van der Waals surface area contributed by atoms with Crippen LogP contribution >= 0.6 is 0 Å². The van der Waals surface area contributed by atoms with E-state index in [2.05, 4.69) is 31.1 Å². The Morgan fingerprint density at radius 1 is 1.16 bits per heavy atom. The second kappa shape index (κ2) is 11.2. The van der Waals surface area contributed by atoms with Crippen LogP contribution in [0.2, 0.25) is 0 Å². The molecular weight excluding hydrogens is 569 g/mol. The van der Waals surface area contributed by atoms with Crippen LogP contribution < -0.4 is 15.6 Å². The van der Waals surface area contributed by atoms with Gasteiger partial charge in [0.05, 0.1) is 41.9 Å². The number of halogens is 1. The molecule has 1 N–H and O–H groups in total. The highest BCUT2D eigenvalue weighted by atomic mass is 32.2. The number of aromatic nitrogens is 2. The molecule has 2 heterocycles. The van der Waals surface area contributed by atoms with Crippen molar-refractivity contribution in [1.82, 2.24) is 14.5 Å². The van der Waals surface area contributed by atoms with Gasteiger partial charge in [-0.1, -0.05) is 26.8 Å². The number of nitrogens with one attached hydrogen (secondary N) is 1. The van der Waals surface area contributed by atoms with Crippen LogP contribution in [0, 0.1) is 29.0 Å². The number of aryl methyl sites for hydroxylation is 2. The van der Waals surface area contributed by atoms with Gasteiger partial charge < -0.3 is 15.0 Å². The minimum absolute atomic E-state index is 0.103. The summed E-state index contributed by atoms with van der Waals surface area (Å²) in [7, 11) is -1.56. The van der Waals surface area contributed by atoms with Crippen molar-refractivity contribution in [2.75, 3.05) is 37.0 Å². The summed E-state index contributed by atoms with van der Waals surface area (Å²) in [5.41, 5.74) is 1.92. The minimum Gasteiger partial charge on any atom is -0.497 e. The Morgan fingerprint density at radius 2 is 1.93 bits per heavy atom. The third-order valence-electron chi connectivity index (χ3n) is 10.2. The van der Waals surface area contributed by atoms with Crippen LogP contribution in [0.3, 0.4) is 0 Å². The Morgan fingerprint density at radius 3 is 2.60 bits per heavy atom. The van der Waals surface area contributed by atoms with Gasteiger partial charge in [0.1, 0.15) is 11.6 Å². The number of hydrogen-bond donors (Lipinski definition) is 1. The summed E-state index contributed by atoms with van der Waals surface area (Å²) >= 11 is 0. The average Bonchev–Trinajstić information content (AvgIpc) is 2.97. The lowest BCUT2D eigenvalue weighted by Crippen LogP contribution is -2.57. The molecule has 3 aromatic rings. The van der Waals surface area contributed by atoms with E-state index < -0.39 is 9.84 Å². The first kappa shape index (κ1) is 29.6. The van der Waals surface area contributed by atoms with E-state index in [1.165, 1.54) is 30.5 Å². The van der Waals surface area contributed by atoms with E-state index in [0.29, 0.717) is 70.9 Å². The fourth-order valence-corrected chi connectivity index (χ4v) is 8.39. The van der Waals surface area contributed by atoms with Crippen molar-refractivity contribution in [1.29, 1.82) is 0 Å². The van der Waals surface area contributed by atoms with Gasteiger partial charge in [-0.25, -0.2) is 22.8 Å². The van der Waals surface area contributed by atoms with Crippen molar-refractivity contribution >= 4 is 32.4 Å². The zero-order valence-corrected chi connectivity index (χ0v) is 26.0. The van der Waals surface area contributed by atoms with E-state index in [9.17, 15) is 17.6 Å². The average molecular weight is 610 g/mol. The SMILES string of the molecule is COc1ccc(CCn2cnc3cc(NC(=NC4C[C@@H]5CC(C4C)C5(C)C)N4CCS(=O)(=O)CC4)ccc3c2=O)c(F)c1. The van der Waals surface area contributed by atoms with Crippen molar-refractivity contribution in [3.63, 3.8) is 0 Å². The van der Waals surface area contributed by atoms with Crippen molar-refractivity contribution in [3.05, 3.63) is 64.5 Å². The topological polar surface area (TPSA) is 106 Å². The van der Waals surface area contributed by atoms with Crippen LogP contribution in [0.5, 0.6) is 5.75 Å². The third-order valence-corrected chi connectivity index (χ3v) is 11.8. The first-order chi connectivity index (χ1) is 20.4. The molecule has 0 amide bonds. The molecule has 2 bridgehead atoms. The highest BCUT2D eigenvalue weighted by Gasteiger charge is 2.56. The maximum atomic E-state index is 14.4. The number of rotatable bonds is 6. The molecule has 230 valence electrons. The fourth-order valence-electron chi connectivity index (χ4n) is 7.19. The molecule has 9 nitrogen and oxygen atoms in total. The number of benzene rings is 2. The Hall–Kier alpha value is -3.47. The van der Waals surface area contributed by atoms with Gasteiger partial charge in [0.15, 0.2) is 15.8 Å². The smallest absolute Gasteiger partial charge is 0.261 e. The molecule has 1 aliphatic heterocycles. The molecule has 0 radical (unpaired) electrons. The maximum Gasteiger partial charge on any atom is 0.261 e. The van der Waals surface area contributed by atoms with Gasteiger partial charge in [-0.2, -0.15) is 0 Å². The summed E-state index contributed by atoms with van der Waals surface area (Å²) in [4.78, 5) is 25.1. The van der Waals surface area contributed by atoms with Crippen molar-refractivity contribution in [2.45, 2.75) is 52.6 Å².